The Balaban J connectivity index is 2.03. The number of hydrogen-bond donors (Lipinski definition) is 1. The number of amides is 1. The van der Waals surface area contributed by atoms with Crippen LogP contribution < -0.4 is 14.8 Å². The van der Waals surface area contributed by atoms with E-state index in [0.717, 1.165) is 21.4 Å². The number of carbonyl (C=O) groups excluding carboxylic acids is 1. The van der Waals surface area contributed by atoms with Gasteiger partial charge < -0.3 is 14.8 Å². The van der Waals surface area contributed by atoms with Crippen molar-refractivity contribution in [2.24, 2.45) is 0 Å². The Labute approximate surface area is 160 Å². The van der Waals surface area contributed by atoms with Crippen LogP contribution in [0.15, 0.2) is 34.9 Å². The van der Waals surface area contributed by atoms with Crippen LogP contribution in [-0.4, -0.2) is 29.5 Å². The first-order valence-corrected chi connectivity index (χ1v) is 8.98. The fourth-order valence-corrected chi connectivity index (χ4v) is 3.51. The standard InChI is InChI=1S/C19H20BrN3O3/c1-5-14-17(23-10-11(2)8-13(20)18(23)22-14)19(24)21-12-6-7-15(25-3)16(9-12)26-4/h6-10H,5H2,1-4H3,(H,21,24). The number of ether oxygens (including phenoxy) is 2. The first-order valence-electron chi connectivity index (χ1n) is 8.19. The molecule has 0 fully saturated rings. The van der Waals surface area contributed by atoms with Gasteiger partial charge in [-0.3, -0.25) is 9.20 Å². The van der Waals surface area contributed by atoms with Gasteiger partial charge in [-0.15, -0.1) is 0 Å². The van der Waals surface area contributed by atoms with Crippen LogP contribution in [0.1, 0.15) is 28.7 Å². The lowest BCUT2D eigenvalue weighted by molar-refractivity contribution is 0.102. The minimum atomic E-state index is -0.223. The Kier molecular flexibility index (Phi) is 5.18. The van der Waals surface area contributed by atoms with Gasteiger partial charge in [-0.2, -0.15) is 0 Å². The molecule has 0 saturated heterocycles. The molecule has 26 heavy (non-hydrogen) atoms. The van der Waals surface area contributed by atoms with Gasteiger partial charge in [0.05, 0.1) is 24.4 Å². The lowest BCUT2D eigenvalue weighted by Gasteiger charge is -2.11. The molecule has 0 bridgehead atoms. The van der Waals surface area contributed by atoms with Gasteiger partial charge in [-0.25, -0.2) is 4.98 Å². The maximum atomic E-state index is 13.0. The predicted molar refractivity (Wildman–Crippen MR) is 105 cm³/mol. The monoisotopic (exact) mass is 417 g/mol. The zero-order chi connectivity index (χ0) is 18.8. The van der Waals surface area contributed by atoms with E-state index in [0.29, 0.717) is 29.3 Å². The van der Waals surface area contributed by atoms with Gasteiger partial charge in [0.15, 0.2) is 17.1 Å². The van der Waals surface area contributed by atoms with Crippen LogP contribution in [0.25, 0.3) is 5.65 Å². The molecule has 0 aliphatic rings. The molecule has 0 aliphatic heterocycles. The van der Waals surface area contributed by atoms with Crippen LogP contribution in [0.2, 0.25) is 0 Å². The summed E-state index contributed by atoms with van der Waals surface area (Å²) in [5, 5.41) is 2.93. The third-order valence-corrected chi connectivity index (χ3v) is 4.66. The van der Waals surface area contributed by atoms with Gasteiger partial charge in [0.2, 0.25) is 0 Å². The Bertz CT molecular complexity index is 982. The molecule has 2 aromatic heterocycles. The molecule has 1 amide bonds. The van der Waals surface area contributed by atoms with Crippen molar-refractivity contribution >= 4 is 33.2 Å². The summed E-state index contributed by atoms with van der Waals surface area (Å²) in [7, 11) is 3.13. The zero-order valence-corrected chi connectivity index (χ0v) is 16.7. The van der Waals surface area contributed by atoms with Crippen molar-refractivity contribution in [3.8, 4) is 11.5 Å². The number of aryl methyl sites for hydroxylation is 2. The largest absolute Gasteiger partial charge is 0.493 e. The quantitative estimate of drug-likeness (QED) is 0.674. The van der Waals surface area contributed by atoms with E-state index in [2.05, 4.69) is 26.2 Å². The molecule has 0 radical (unpaired) electrons. The van der Waals surface area contributed by atoms with E-state index >= 15 is 0 Å². The number of methoxy groups -OCH3 is 2. The third-order valence-electron chi connectivity index (χ3n) is 4.08. The molecule has 2 heterocycles. The average molecular weight is 418 g/mol. The van der Waals surface area contributed by atoms with Crippen molar-refractivity contribution in [2.75, 3.05) is 19.5 Å². The lowest BCUT2D eigenvalue weighted by Crippen LogP contribution is -2.16. The smallest absolute Gasteiger partial charge is 0.274 e. The number of nitrogens with one attached hydrogen (secondary N) is 1. The fourth-order valence-electron chi connectivity index (χ4n) is 2.87. The number of imidazole rings is 1. The molecule has 0 saturated carbocycles. The average Bonchev–Trinajstić information content (AvgIpc) is 3.00. The van der Waals surface area contributed by atoms with Crippen molar-refractivity contribution in [1.29, 1.82) is 0 Å². The molecule has 0 atom stereocenters. The molecule has 1 N–H and O–H groups in total. The normalized spacial score (nSPS) is 10.8. The number of hydrogen-bond acceptors (Lipinski definition) is 4. The number of benzene rings is 1. The number of carbonyl (C=O) groups is 1. The van der Waals surface area contributed by atoms with E-state index in [4.69, 9.17) is 9.47 Å². The zero-order valence-electron chi connectivity index (χ0n) is 15.1. The Morgan fingerprint density at radius 2 is 1.96 bits per heavy atom. The highest BCUT2D eigenvalue weighted by Crippen LogP contribution is 2.30. The third kappa shape index (κ3) is 3.26. The number of pyridine rings is 1. The fraction of sp³-hybridized carbons (Fsp3) is 0.263. The second-order valence-electron chi connectivity index (χ2n) is 5.84. The van der Waals surface area contributed by atoms with Crippen molar-refractivity contribution < 1.29 is 14.3 Å². The molecule has 7 heteroatoms. The van der Waals surface area contributed by atoms with Crippen molar-refractivity contribution in [3.05, 3.63) is 51.9 Å². The van der Waals surface area contributed by atoms with Gasteiger partial charge >= 0.3 is 0 Å². The molecule has 3 rings (SSSR count). The van der Waals surface area contributed by atoms with Gasteiger partial charge in [0, 0.05) is 18.0 Å². The topological polar surface area (TPSA) is 64.9 Å². The van der Waals surface area contributed by atoms with E-state index in [-0.39, 0.29) is 5.91 Å². The lowest BCUT2D eigenvalue weighted by atomic mass is 10.2. The van der Waals surface area contributed by atoms with Gasteiger partial charge in [0.25, 0.3) is 5.91 Å². The molecular formula is C19H20BrN3O3. The van der Waals surface area contributed by atoms with Crippen LogP contribution in [0.3, 0.4) is 0 Å². The van der Waals surface area contributed by atoms with Gasteiger partial charge in [-0.05, 0) is 53.0 Å². The highest BCUT2D eigenvalue weighted by molar-refractivity contribution is 9.10. The number of nitrogens with zero attached hydrogens (tertiary/aromatic N) is 2. The first-order chi connectivity index (χ1) is 12.5. The van der Waals surface area contributed by atoms with Crippen LogP contribution in [-0.2, 0) is 6.42 Å². The maximum Gasteiger partial charge on any atom is 0.274 e. The number of halogens is 1. The van der Waals surface area contributed by atoms with Gasteiger partial charge in [0.1, 0.15) is 5.69 Å². The van der Waals surface area contributed by atoms with Gasteiger partial charge in [-0.1, -0.05) is 6.92 Å². The summed E-state index contributed by atoms with van der Waals surface area (Å²) in [6, 6.07) is 7.24. The van der Waals surface area contributed by atoms with Crippen LogP contribution in [0.4, 0.5) is 5.69 Å². The number of rotatable bonds is 5. The predicted octanol–water partition coefficient (Wildman–Crippen LogP) is 4.24. The summed E-state index contributed by atoms with van der Waals surface area (Å²) in [4.78, 5) is 17.6. The Hall–Kier alpha value is -2.54. The van der Waals surface area contributed by atoms with Crippen molar-refractivity contribution in [1.82, 2.24) is 9.38 Å². The van der Waals surface area contributed by atoms with E-state index in [1.807, 2.05) is 30.5 Å². The number of aromatic nitrogens is 2. The van der Waals surface area contributed by atoms with Crippen molar-refractivity contribution in [3.63, 3.8) is 0 Å². The number of fused-ring (bicyclic) bond motifs is 1. The van der Waals surface area contributed by atoms with E-state index < -0.39 is 0 Å². The second kappa shape index (κ2) is 7.37. The van der Waals surface area contributed by atoms with Crippen LogP contribution >= 0.6 is 15.9 Å². The summed E-state index contributed by atoms with van der Waals surface area (Å²) in [5.41, 5.74) is 3.65. The molecule has 6 nitrogen and oxygen atoms in total. The highest BCUT2D eigenvalue weighted by Gasteiger charge is 2.20. The highest BCUT2D eigenvalue weighted by atomic mass is 79.9. The molecule has 1 aromatic carbocycles. The summed E-state index contributed by atoms with van der Waals surface area (Å²) in [5.74, 6) is 0.936. The minimum Gasteiger partial charge on any atom is -0.493 e. The Morgan fingerprint density at radius 3 is 2.62 bits per heavy atom. The Morgan fingerprint density at radius 1 is 1.23 bits per heavy atom. The maximum absolute atomic E-state index is 13.0. The first kappa shape index (κ1) is 18.3. The molecule has 3 aromatic rings. The number of anilines is 1. The molecule has 0 unspecified atom stereocenters. The molecular weight excluding hydrogens is 398 g/mol. The summed E-state index contributed by atoms with van der Waals surface area (Å²) in [6.45, 7) is 3.96. The molecule has 0 spiro atoms. The molecule has 136 valence electrons. The summed E-state index contributed by atoms with van der Waals surface area (Å²) in [6.07, 6.45) is 2.57. The molecule has 0 aliphatic carbocycles. The second-order valence-corrected chi connectivity index (χ2v) is 6.70. The van der Waals surface area contributed by atoms with Crippen LogP contribution in [0, 0.1) is 6.92 Å². The SMILES string of the molecule is CCc1nc2c(Br)cc(C)cn2c1C(=O)Nc1ccc(OC)c(OC)c1. The van der Waals surface area contributed by atoms with Crippen LogP contribution in [0.5, 0.6) is 11.5 Å². The summed E-state index contributed by atoms with van der Waals surface area (Å²) >= 11 is 3.53. The van der Waals surface area contributed by atoms with E-state index in [1.54, 1.807) is 32.4 Å². The van der Waals surface area contributed by atoms with Crippen molar-refractivity contribution in [2.45, 2.75) is 20.3 Å². The minimum absolute atomic E-state index is 0.223. The van der Waals surface area contributed by atoms with E-state index in [9.17, 15) is 4.79 Å². The summed E-state index contributed by atoms with van der Waals surface area (Å²) < 4.78 is 13.2. The van der Waals surface area contributed by atoms with E-state index in [1.165, 1.54) is 0 Å².